The van der Waals surface area contributed by atoms with Gasteiger partial charge < -0.3 is 10.1 Å². The molecule has 0 aliphatic carbocycles. The third-order valence-corrected chi connectivity index (χ3v) is 4.06. The molecule has 0 fully saturated rings. The van der Waals surface area contributed by atoms with Crippen LogP contribution in [-0.2, 0) is 6.54 Å². The van der Waals surface area contributed by atoms with Crippen LogP contribution in [0.5, 0.6) is 5.75 Å². The highest BCUT2D eigenvalue weighted by atomic mass is 16.5. The van der Waals surface area contributed by atoms with E-state index in [1.807, 2.05) is 36.4 Å². The second-order valence-electron chi connectivity index (χ2n) is 5.76. The van der Waals surface area contributed by atoms with Crippen LogP contribution >= 0.6 is 0 Å². The van der Waals surface area contributed by atoms with Gasteiger partial charge in [-0.3, -0.25) is 5.10 Å². The molecule has 2 heterocycles. The highest BCUT2D eigenvalue weighted by Gasteiger charge is 2.13. The Labute approximate surface area is 148 Å². The highest BCUT2D eigenvalue weighted by molar-refractivity contribution is 5.79. The number of hydrogen-bond donors (Lipinski definition) is 3. The predicted molar refractivity (Wildman–Crippen MR) is 97.4 cm³/mol. The molecule has 0 amide bonds. The molecule has 2 aromatic carbocycles. The summed E-state index contributed by atoms with van der Waals surface area (Å²) in [4.78, 5) is 16.8. The number of benzene rings is 2. The van der Waals surface area contributed by atoms with E-state index in [4.69, 9.17) is 4.74 Å². The maximum absolute atomic E-state index is 12.4. The number of aromatic nitrogens is 5. The fourth-order valence-electron chi connectivity index (χ4n) is 2.72. The summed E-state index contributed by atoms with van der Waals surface area (Å²) >= 11 is 0. The molecule has 3 N–H and O–H groups in total. The summed E-state index contributed by atoms with van der Waals surface area (Å²) in [5.74, 6) is 1.18. The van der Waals surface area contributed by atoms with Crippen molar-refractivity contribution in [3.8, 4) is 16.9 Å². The normalized spacial score (nSPS) is 10.8. The fraction of sp³-hybridized carbons (Fsp3) is 0.111. The van der Waals surface area contributed by atoms with Crippen LogP contribution in [0.2, 0.25) is 0 Å². The van der Waals surface area contributed by atoms with Gasteiger partial charge >= 0.3 is 5.52 Å². The lowest BCUT2D eigenvalue weighted by molar-refractivity contribution is -0.535. The Bertz CT molecular complexity index is 1100. The Morgan fingerprint density at radius 3 is 2.92 bits per heavy atom. The smallest absolute Gasteiger partial charge is 0.318 e. The Balaban J connectivity index is 1.60. The zero-order chi connectivity index (χ0) is 17.9. The average Bonchev–Trinajstić information content (AvgIpc) is 3.21. The van der Waals surface area contributed by atoms with Crippen LogP contribution in [0.25, 0.3) is 22.2 Å². The number of H-pyrrole nitrogens is 2. The minimum Gasteiger partial charge on any atom is -0.497 e. The first-order chi connectivity index (χ1) is 12.7. The molecular weight excluding hydrogens is 332 g/mol. The molecule has 130 valence electrons. The molecule has 0 radical (unpaired) electrons. The number of nitrogens with zero attached hydrogens (tertiary/aromatic N) is 3. The van der Waals surface area contributed by atoms with Crippen molar-refractivity contribution in [3.05, 3.63) is 65.3 Å². The molecule has 2 aromatic heterocycles. The molecule has 8 heteroatoms. The van der Waals surface area contributed by atoms with E-state index in [0.29, 0.717) is 28.1 Å². The Hall–Kier alpha value is -3.68. The molecule has 0 saturated carbocycles. The van der Waals surface area contributed by atoms with Crippen LogP contribution < -0.4 is 14.6 Å². The van der Waals surface area contributed by atoms with Gasteiger partial charge in [-0.05, 0) is 29.3 Å². The zero-order valence-electron chi connectivity index (χ0n) is 14.1. The predicted octanol–water partition coefficient (Wildman–Crippen LogP) is 2.49. The molecule has 4 rings (SSSR count). The van der Waals surface area contributed by atoms with Crippen LogP contribution in [-0.4, -0.2) is 27.4 Å². The molecular formula is C18H17N6O2+. The van der Waals surface area contributed by atoms with E-state index in [1.54, 1.807) is 25.6 Å². The van der Waals surface area contributed by atoms with Crippen LogP contribution in [0.15, 0.2) is 54.9 Å². The minimum atomic E-state index is 0.395. The van der Waals surface area contributed by atoms with E-state index in [0.717, 1.165) is 22.4 Å². The van der Waals surface area contributed by atoms with Gasteiger partial charge in [0.25, 0.3) is 5.95 Å². The lowest BCUT2D eigenvalue weighted by Crippen LogP contribution is -2.23. The number of nitrogens with one attached hydrogen (secondary N) is 3. The summed E-state index contributed by atoms with van der Waals surface area (Å²) in [6, 6.07) is 13.2. The van der Waals surface area contributed by atoms with Crippen molar-refractivity contribution < 1.29 is 9.28 Å². The molecule has 0 unspecified atom stereocenters. The van der Waals surface area contributed by atoms with Crippen molar-refractivity contribution in [1.29, 1.82) is 0 Å². The van der Waals surface area contributed by atoms with Gasteiger partial charge in [0.1, 0.15) is 11.3 Å². The second-order valence-corrected chi connectivity index (χ2v) is 5.76. The number of methoxy groups -OCH3 is 1. The van der Waals surface area contributed by atoms with Crippen LogP contribution in [0, 0.1) is 4.91 Å². The third kappa shape index (κ3) is 3.12. The van der Waals surface area contributed by atoms with E-state index in [-0.39, 0.29) is 0 Å². The average molecular weight is 349 g/mol. The molecule has 0 aliphatic rings. The number of anilines is 1. The van der Waals surface area contributed by atoms with Crippen molar-refractivity contribution >= 4 is 17.0 Å². The summed E-state index contributed by atoms with van der Waals surface area (Å²) in [6.07, 6.45) is 3.48. The second kappa shape index (κ2) is 6.67. The summed E-state index contributed by atoms with van der Waals surface area (Å²) in [6.45, 7) is 0.513. The number of aromatic amines is 2. The Kier molecular flexibility index (Phi) is 4.06. The van der Waals surface area contributed by atoms with Crippen molar-refractivity contribution in [1.82, 2.24) is 20.3 Å². The first-order valence-electron chi connectivity index (χ1n) is 8.05. The topological polar surface area (TPSA) is 102 Å². The van der Waals surface area contributed by atoms with E-state index in [1.165, 1.54) is 0 Å². The van der Waals surface area contributed by atoms with E-state index >= 15 is 0 Å². The molecule has 0 bridgehead atoms. The monoisotopic (exact) mass is 349 g/mol. The number of rotatable bonds is 5. The molecule has 0 atom stereocenters. The SMILES string of the molecule is COc1cccc(CNc2nc3ccc(-c4cn[nH]c4)cc3[n+](=O)[nH]2)c1. The third-order valence-electron chi connectivity index (χ3n) is 4.06. The Morgan fingerprint density at radius 1 is 1.19 bits per heavy atom. The van der Waals surface area contributed by atoms with Crippen LogP contribution in [0.4, 0.5) is 5.95 Å². The summed E-state index contributed by atoms with van der Waals surface area (Å²) in [5, 5.41) is 12.5. The van der Waals surface area contributed by atoms with Crippen molar-refractivity contribution in [2.24, 2.45) is 0 Å². The molecule has 0 spiro atoms. The lowest BCUT2D eigenvalue weighted by Gasteiger charge is -2.06. The van der Waals surface area contributed by atoms with Crippen molar-refractivity contribution in [3.63, 3.8) is 0 Å². The van der Waals surface area contributed by atoms with Gasteiger partial charge in [0.05, 0.1) is 18.2 Å². The van der Waals surface area contributed by atoms with Crippen molar-refractivity contribution in [2.75, 3.05) is 12.4 Å². The zero-order valence-corrected chi connectivity index (χ0v) is 14.1. The minimum absolute atomic E-state index is 0.395. The van der Waals surface area contributed by atoms with Gasteiger partial charge in [-0.25, -0.2) is 4.98 Å². The fourth-order valence-corrected chi connectivity index (χ4v) is 2.72. The van der Waals surface area contributed by atoms with E-state index in [9.17, 15) is 4.91 Å². The van der Waals surface area contributed by atoms with Gasteiger partial charge in [0.15, 0.2) is 4.54 Å². The quantitative estimate of drug-likeness (QED) is 0.481. The first-order valence-corrected chi connectivity index (χ1v) is 8.05. The van der Waals surface area contributed by atoms with Gasteiger partial charge in [-0.2, -0.15) is 5.10 Å². The molecule has 26 heavy (non-hydrogen) atoms. The highest BCUT2D eigenvalue weighted by Crippen LogP contribution is 2.21. The van der Waals surface area contributed by atoms with Crippen LogP contribution in [0.1, 0.15) is 5.56 Å². The summed E-state index contributed by atoms with van der Waals surface area (Å²) < 4.78 is 5.92. The van der Waals surface area contributed by atoms with Gasteiger partial charge in [-0.15, -0.1) is 0 Å². The maximum Gasteiger partial charge on any atom is 0.318 e. The maximum atomic E-state index is 12.4. The number of fused-ring (bicyclic) bond motifs is 1. The van der Waals surface area contributed by atoms with Crippen LogP contribution in [0.3, 0.4) is 0 Å². The first kappa shape index (κ1) is 15.8. The van der Waals surface area contributed by atoms with Gasteiger partial charge in [0.2, 0.25) is 0 Å². The van der Waals surface area contributed by atoms with E-state index in [2.05, 4.69) is 25.6 Å². The molecule has 4 aromatic rings. The number of ether oxygens (including phenoxy) is 1. The molecule has 0 aliphatic heterocycles. The summed E-state index contributed by atoms with van der Waals surface area (Å²) in [5.41, 5.74) is 3.87. The lowest BCUT2D eigenvalue weighted by atomic mass is 10.1. The van der Waals surface area contributed by atoms with Gasteiger partial charge in [0, 0.05) is 24.4 Å². The standard InChI is InChI=1S/C18H17N6O2/c1-26-15-4-2-3-12(7-15)9-19-18-22-16-6-5-13(14-10-20-21-11-14)8-17(16)24(25)23-18/h2-8,10-11H,9H2,1H3,(H,20,21)(H2,19,22,23,25)/q+1. The Morgan fingerprint density at radius 2 is 2.12 bits per heavy atom. The van der Waals surface area contributed by atoms with Gasteiger partial charge in [-0.1, -0.05) is 23.3 Å². The largest absolute Gasteiger partial charge is 0.497 e. The number of hydrogen-bond acceptors (Lipinski definition) is 5. The van der Waals surface area contributed by atoms with E-state index < -0.39 is 0 Å². The molecule has 0 saturated heterocycles. The van der Waals surface area contributed by atoms with Crippen molar-refractivity contribution in [2.45, 2.75) is 6.54 Å². The summed E-state index contributed by atoms with van der Waals surface area (Å²) in [7, 11) is 1.63. The molecule has 8 nitrogen and oxygen atoms in total.